The van der Waals surface area contributed by atoms with Gasteiger partial charge in [0.15, 0.2) is 0 Å². The van der Waals surface area contributed by atoms with Crippen LogP contribution in [-0.4, -0.2) is 6.85 Å². The lowest BCUT2D eigenvalue weighted by Gasteiger charge is -2.52. The molecule has 5 heteroatoms. The second kappa shape index (κ2) is 15.2. The Labute approximate surface area is 438 Å². The molecule has 0 fully saturated rings. The molecule has 0 spiro atoms. The van der Waals surface area contributed by atoms with Crippen molar-refractivity contribution in [2.24, 2.45) is 0 Å². The molecule has 4 aliphatic rings. The lowest BCUT2D eigenvalue weighted by atomic mass is 9.44. The summed E-state index contributed by atoms with van der Waals surface area (Å²) in [4.78, 5) is 5.47. The van der Waals surface area contributed by atoms with Crippen molar-refractivity contribution in [3.05, 3.63) is 233 Å². The predicted molar refractivity (Wildman–Crippen MR) is 314 cm³/mol. The number of benzene rings is 9. The summed E-state index contributed by atoms with van der Waals surface area (Å²) in [6, 6.07) is 73.8. The van der Waals surface area contributed by atoms with E-state index in [9.17, 15) is 0 Å². The van der Waals surface area contributed by atoms with Gasteiger partial charge in [-0.2, -0.15) is 0 Å². The van der Waals surface area contributed by atoms with Gasteiger partial charge in [0.05, 0.1) is 16.8 Å². The van der Waals surface area contributed by atoms with E-state index in [0.29, 0.717) is 0 Å². The average molecular weight is 973 g/mol. The number of rotatable bonds is 4. The molecule has 0 radical (unpaired) electrons. The van der Waals surface area contributed by atoms with Crippen LogP contribution < -0.4 is 20.0 Å². The van der Waals surface area contributed by atoms with Crippen LogP contribution in [0, 0.1) is 0 Å². The third-order valence-corrected chi connectivity index (χ3v) is 18.9. The van der Waals surface area contributed by atoms with E-state index < -0.39 is 5.41 Å². The Kier molecular flexibility index (Phi) is 9.05. The van der Waals surface area contributed by atoms with Crippen LogP contribution in [0.25, 0.3) is 54.3 Å². The van der Waals surface area contributed by atoms with E-state index in [1.54, 1.807) is 0 Å². The third-order valence-electron chi connectivity index (χ3n) is 17.7. The van der Waals surface area contributed by atoms with Crippen molar-refractivity contribution in [3.63, 3.8) is 0 Å². The first kappa shape index (κ1) is 43.9. The van der Waals surface area contributed by atoms with Gasteiger partial charge in [-0.3, -0.25) is 0 Å². The SMILES string of the molecule is CC(C)(C)c1ccc(N2c3cc4c(oc5ccccc54)c4c3B(c3sc5cc6c(cc5c32)C(C)(C)CCC6(C)C)N2c3ccccc3C(c3ccccc3)(c3ccccc3)c3cccc-4c32)c(-c2ccccc2)c1. The Hall–Kier alpha value is -7.60. The van der Waals surface area contributed by atoms with E-state index in [1.807, 2.05) is 11.3 Å². The second-order valence-corrected chi connectivity index (χ2v) is 24.9. The highest BCUT2D eigenvalue weighted by Crippen LogP contribution is 2.62. The largest absolute Gasteiger partial charge is 0.455 e. The summed E-state index contributed by atoms with van der Waals surface area (Å²) in [7, 11) is 0. The molecule has 0 saturated heterocycles. The number of hydrogen-bond acceptors (Lipinski definition) is 4. The number of nitrogens with zero attached hydrogens (tertiary/aromatic N) is 2. The molecule has 2 aromatic heterocycles. The molecule has 9 aromatic carbocycles. The summed E-state index contributed by atoms with van der Waals surface area (Å²) in [5.41, 5.74) is 22.8. The maximum absolute atomic E-state index is 7.31. The summed E-state index contributed by atoms with van der Waals surface area (Å²) in [5, 5.41) is 3.59. The van der Waals surface area contributed by atoms with E-state index in [1.165, 1.54) is 110 Å². The summed E-state index contributed by atoms with van der Waals surface area (Å²) in [5.74, 6) is 0. The Morgan fingerprint density at radius 1 is 0.514 bits per heavy atom. The molecular formula is C69H57BN2OS. The van der Waals surface area contributed by atoms with Crippen molar-refractivity contribution in [1.82, 2.24) is 0 Å². The van der Waals surface area contributed by atoms with Crippen LogP contribution >= 0.6 is 11.3 Å². The zero-order chi connectivity index (χ0) is 50.0. The molecule has 11 aromatic rings. The van der Waals surface area contributed by atoms with Gasteiger partial charge in [0, 0.05) is 59.4 Å². The molecule has 0 amide bonds. The molecule has 74 heavy (non-hydrogen) atoms. The quantitative estimate of drug-likeness (QED) is 0.164. The fraction of sp³-hybridized carbons (Fsp3) is 0.188. The Morgan fingerprint density at radius 2 is 1.15 bits per heavy atom. The van der Waals surface area contributed by atoms with Crippen LogP contribution in [-0.2, 0) is 21.7 Å². The van der Waals surface area contributed by atoms with Crippen molar-refractivity contribution < 1.29 is 4.42 Å². The number of thiophene rings is 1. The van der Waals surface area contributed by atoms with Gasteiger partial charge in [-0.25, -0.2) is 0 Å². The standard InChI is InChI=1S/C69H57BN2OS/c1-66(2,3)45-34-35-55(48(38-45)42-22-11-8-12-23-42)71-57-40-49-46-28-17-20-33-58(46)73-64(49)60-47-29-21-31-52-62(47)72(56-32-19-18-30-51(56)69(52,43-24-13-9-14-25-43)44-26-15-10-16-27-44)70(61(57)60)65-63(71)50-39-53-54(41-59(50)74-65)68(6,7)37-36-67(53,4)5/h8-35,38-41H,36-37H2,1-7H3. The Morgan fingerprint density at radius 3 is 1.86 bits per heavy atom. The topological polar surface area (TPSA) is 19.6 Å². The van der Waals surface area contributed by atoms with Crippen molar-refractivity contribution in [2.45, 2.75) is 83.0 Å². The average Bonchev–Trinajstić information content (AvgIpc) is 4.04. The van der Waals surface area contributed by atoms with Crippen LogP contribution in [0.5, 0.6) is 0 Å². The van der Waals surface area contributed by atoms with Crippen LogP contribution in [0.15, 0.2) is 199 Å². The van der Waals surface area contributed by atoms with E-state index >= 15 is 0 Å². The third kappa shape index (κ3) is 5.85. The van der Waals surface area contributed by atoms with Crippen LogP contribution in [0.3, 0.4) is 0 Å². The first-order valence-corrected chi connectivity index (χ1v) is 27.4. The maximum Gasteiger partial charge on any atom is 0.343 e. The highest BCUT2D eigenvalue weighted by Gasteiger charge is 2.55. The number of para-hydroxylation sites is 3. The van der Waals surface area contributed by atoms with Gasteiger partial charge in [-0.1, -0.05) is 200 Å². The molecule has 0 N–H and O–H groups in total. The zero-order valence-electron chi connectivity index (χ0n) is 43.2. The number of fused-ring (bicyclic) bond motifs is 13. The summed E-state index contributed by atoms with van der Waals surface area (Å²) >= 11 is 2.01. The molecule has 0 atom stereocenters. The van der Waals surface area contributed by atoms with Crippen LogP contribution in [0.2, 0.25) is 0 Å². The first-order valence-electron chi connectivity index (χ1n) is 26.6. The van der Waals surface area contributed by atoms with E-state index in [4.69, 9.17) is 4.42 Å². The number of anilines is 5. The van der Waals surface area contributed by atoms with Gasteiger partial charge >= 0.3 is 6.85 Å². The van der Waals surface area contributed by atoms with E-state index in [2.05, 4.69) is 252 Å². The summed E-state index contributed by atoms with van der Waals surface area (Å²) in [6.45, 7) is 16.7. The van der Waals surface area contributed by atoms with E-state index in [0.717, 1.165) is 34.8 Å². The normalized spacial score (nSPS) is 16.4. The van der Waals surface area contributed by atoms with Gasteiger partial charge < -0.3 is 14.1 Å². The summed E-state index contributed by atoms with van der Waals surface area (Å²) in [6.07, 6.45) is 2.31. The minimum absolute atomic E-state index is 0.0204. The van der Waals surface area contributed by atoms with Gasteiger partial charge in [0.1, 0.15) is 11.2 Å². The Balaban J connectivity index is 1.15. The minimum atomic E-state index is -0.623. The lowest BCUT2D eigenvalue weighted by molar-refractivity contribution is 0.332. The monoisotopic (exact) mass is 972 g/mol. The molecule has 5 heterocycles. The fourth-order valence-electron chi connectivity index (χ4n) is 14.0. The van der Waals surface area contributed by atoms with Crippen molar-refractivity contribution >= 4 is 88.9 Å². The molecule has 3 aliphatic heterocycles. The molecule has 1 aliphatic carbocycles. The maximum atomic E-state index is 7.31. The highest BCUT2D eigenvalue weighted by atomic mass is 32.1. The van der Waals surface area contributed by atoms with Crippen LogP contribution in [0.4, 0.5) is 28.4 Å². The lowest BCUT2D eigenvalue weighted by Crippen LogP contribution is -2.62. The molecule has 0 bridgehead atoms. The number of furan rings is 1. The smallest absolute Gasteiger partial charge is 0.343 e. The van der Waals surface area contributed by atoms with Crippen molar-refractivity contribution in [3.8, 4) is 22.3 Å². The van der Waals surface area contributed by atoms with Crippen LogP contribution in [0.1, 0.15) is 100 Å². The molecule has 15 rings (SSSR count). The molecule has 3 nitrogen and oxygen atoms in total. The second-order valence-electron chi connectivity index (χ2n) is 23.8. The van der Waals surface area contributed by atoms with Gasteiger partial charge in [-0.05, 0) is 122 Å². The van der Waals surface area contributed by atoms with Gasteiger partial charge in [0.2, 0.25) is 0 Å². The highest BCUT2D eigenvalue weighted by molar-refractivity contribution is 7.32. The van der Waals surface area contributed by atoms with Crippen molar-refractivity contribution in [2.75, 3.05) is 9.71 Å². The molecule has 0 unspecified atom stereocenters. The van der Waals surface area contributed by atoms with E-state index in [-0.39, 0.29) is 23.1 Å². The molecular weight excluding hydrogens is 916 g/mol. The minimum Gasteiger partial charge on any atom is -0.455 e. The Bertz CT molecular complexity index is 4100. The first-order chi connectivity index (χ1) is 35.8. The van der Waals surface area contributed by atoms with Gasteiger partial charge in [-0.15, -0.1) is 11.3 Å². The summed E-state index contributed by atoms with van der Waals surface area (Å²) < 4.78 is 10.0. The number of hydrogen-bond donors (Lipinski definition) is 0. The zero-order valence-corrected chi connectivity index (χ0v) is 44.0. The predicted octanol–water partition coefficient (Wildman–Crippen LogP) is 17.5. The molecule has 0 saturated carbocycles. The fourth-order valence-corrected chi connectivity index (χ4v) is 15.3. The van der Waals surface area contributed by atoms with Crippen molar-refractivity contribution in [1.29, 1.82) is 0 Å². The molecule has 358 valence electrons. The van der Waals surface area contributed by atoms with Gasteiger partial charge in [0.25, 0.3) is 0 Å².